The third-order valence-corrected chi connectivity index (χ3v) is 5.10. The molecule has 1 aliphatic rings. The van der Waals surface area contributed by atoms with Gasteiger partial charge in [0, 0.05) is 23.5 Å². The average Bonchev–Trinajstić information content (AvgIpc) is 2.67. The van der Waals surface area contributed by atoms with Gasteiger partial charge in [0.15, 0.2) is 0 Å². The Kier molecular flexibility index (Phi) is 4.29. The smallest absolute Gasteiger partial charge is 0.126 e. The minimum Gasteiger partial charge on any atom is -0.508 e. The van der Waals surface area contributed by atoms with E-state index in [0.717, 1.165) is 17.1 Å². The van der Waals surface area contributed by atoms with Crippen LogP contribution in [-0.2, 0) is 0 Å². The van der Waals surface area contributed by atoms with E-state index in [9.17, 15) is 5.11 Å². The second-order valence-electron chi connectivity index (χ2n) is 6.80. The van der Waals surface area contributed by atoms with Crippen LogP contribution in [-0.4, -0.2) is 18.8 Å². The van der Waals surface area contributed by atoms with Crippen molar-refractivity contribution in [3.8, 4) is 17.2 Å². The molecule has 0 aromatic heterocycles. The highest BCUT2D eigenvalue weighted by molar-refractivity contribution is 5.51. The molecule has 2 unspecified atom stereocenters. The van der Waals surface area contributed by atoms with Crippen molar-refractivity contribution in [2.75, 3.05) is 13.7 Å². The highest BCUT2D eigenvalue weighted by Gasteiger charge is 2.33. The van der Waals surface area contributed by atoms with E-state index in [1.165, 1.54) is 16.7 Å². The lowest BCUT2D eigenvalue weighted by molar-refractivity contribution is 0.247. The van der Waals surface area contributed by atoms with Gasteiger partial charge in [0.25, 0.3) is 0 Å². The van der Waals surface area contributed by atoms with Crippen LogP contribution in [0.1, 0.15) is 34.1 Å². The maximum Gasteiger partial charge on any atom is 0.126 e. The van der Waals surface area contributed by atoms with Crippen LogP contribution in [0.4, 0.5) is 0 Å². The summed E-state index contributed by atoms with van der Waals surface area (Å²) in [6.45, 7) is 2.72. The number of phenolic OH excluding ortho intramolecular Hbond substituents is 1. The molecule has 3 heteroatoms. The molecule has 0 bridgehead atoms. The molecule has 1 heterocycles. The van der Waals surface area contributed by atoms with Crippen LogP contribution in [0.2, 0.25) is 0 Å². The molecular weight excluding hydrogens is 324 g/mol. The Morgan fingerprint density at radius 2 is 1.77 bits per heavy atom. The van der Waals surface area contributed by atoms with Crippen molar-refractivity contribution in [1.82, 2.24) is 0 Å². The van der Waals surface area contributed by atoms with Crippen LogP contribution < -0.4 is 9.47 Å². The van der Waals surface area contributed by atoms with Crippen molar-refractivity contribution in [2.24, 2.45) is 0 Å². The van der Waals surface area contributed by atoms with Gasteiger partial charge in [-0.1, -0.05) is 48.0 Å². The minimum atomic E-state index is 0.159. The van der Waals surface area contributed by atoms with Gasteiger partial charge in [-0.2, -0.15) is 0 Å². The van der Waals surface area contributed by atoms with E-state index in [-0.39, 0.29) is 17.6 Å². The molecule has 0 saturated heterocycles. The van der Waals surface area contributed by atoms with E-state index in [0.29, 0.717) is 6.61 Å². The van der Waals surface area contributed by atoms with E-state index in [4.69, 9.17) is 9.47 Å². The van der Waals surface area contributed by atoms with Crippen molar-refractivity contribution in [3.63, 3.8) is 0 Å². The number of aromatic hydroxyl groups is 1. The summed E-state index contributed by atoms with van der Waals surface area (Å²) in [5, 5.41) is 9.70. The van der Waals surface area contributed by atoms with Gasteiger partial charge in [0.1, 0.15) is 17.2 Å². The molecule has 0 saturated carbocycles. The Morgan fingerprint density at radius 1 is 0.962 bits per heavy atom. The summed E-state index contributed by atoms with van der Waals surface area (Å²) in [4.78, 5) is 0. The zero-order valence-electron chi connectivity index (χ0n) is 15.0. The lowest BCUT2D eigenvalue weighted by Crippen LogP contribution is -2.25. The van der Waals surface area contributed by atoms with Crippen molar-refractivity contribution >= 4 is 0 Å². The molecule has 0 radical (unpaired) electrons. The van der Waals surface area contributed by atoms with Gasteiger partial charge in [0.2, 0.25) is 0 Å². The van der Waals surface area contributed by atoms with E-state index in [1.807, 2.05) is 24.3 Å². The first-order valence-corrected chi connectivity index (χ1v) is 8.82. The van der Waals surface area contributed by atoms with Crippen LogP contribution in [0.15, 0.2) is 66.7 Å². The van der Waals surface area contributed by atoms with Crippen LogP contribution in [0.25, 0.3) is 0 Å². The molecule has 2 atom stereocenters. The van der Waals surface area contributed by atoms with Crippen molar-refractivity contribution in [3.05, 3.63) is 89.0 Å². The number of rotatable bonds is 3. The summed E-state index contributed by atoms with van der Waals surface area (Å²) >= 11 is 0. The van der Waals surface area contributed by atoms with Crippen LogP contribution in [0.5, 0.6) is 17.2 Å². The van der Waals surface area contributed by atoms with Crippen molar-refractivity contribution < 1.29 is 14.6 Å². The first-order valence-electron chi connectivity index (χ1n) is 8.82. The number of fused-ring (bicyclic) bond motifs is 1. The van der Waals surface area contributed by atoms with Crippen molar-refractivity contribution in [1.29, 1.82) is 0 Å². The SMILES string of the molecule is COc1ccc2c(c1)OCC(c1cccc(C)c1)C2c1ccc(O)cc1. The molecular formula is C23H22O3. The Balaban J connectivity index is 1.85. The van der Waals surface area contributed by atoms with Crippen molar-refractivity contribution in [2.45, 2.75) is 18.8 Å². The fourth-order valence-corrected chi connectivity index (χ4v) is 3.80. The summed E-state index contributed by atoms with van der Waals surface area (Å²) in [5.41, 5.74) is 4.83. The van der Waals surface area contributed by atoms with Gasteiger partial charge in [-0.05, 0) is 36.2 Å². The highest BCUT2D eigenvalue weighted by atomic mass is 16.5. The van der Waals surface area contributed by atoms with Gasteiger partial charge in [-0.15, -0.1) is 0 Å². The van der Waals surface area contributed by atoms with Gasteiger partial charge in [0.05, 0.1) is 13.7 Å². The molecule has 3 aromatic carbocycles. The highest BCUT2D eigenvalue weighted by Crippen LogP contribution is 2.47. The van der Waals surface area contributed by atoms with E-state index in [2.05, 4.69) is 37.3 Å². The molecule has 1 aliphatic heterocycles. The molecule has 132 valence electrons. The Labute approximate surface area is 153 Å². The number of ether oxygens (including phenoxy) is 2. The summed E-state index contributed by atoms with van der Waals surface area (Å²) in [6.07, 6.45) is 0. The fraction of sp³-hybridized carbons (Fsp3) is 0.217. The second-order valence-corrected chi connectivity index (χ2v) is 6.80. The largest absolute Gasteiger partial charge is 0.508 e. The van der Waals surface area contributed by atoms with Gasteiger partial charge < -0.3 is 14.6 Å². The molecule has 3 aromatic rings. The molecule has 0 amide bonds. The predicted octanol–water partition coefficient (Wildman–Crippen LogP) is 5.02. The maximum absolute atomic E-state index is 9.70. The maximum atomic E-state index is 9.70. The predicted molar refractivity (Wildman–Crippen MR) is 102 cm³/mol. The minimum absolute atomic E-state index is 0.159. The standard InChI is InChI=1S/C23H22O3/c1-15-4-3-5-17(12-15)21-14-26-22-13-19(25-2)10-11-20(22)23(21)16-6-8-18(24)9-7-16/h3-13,21,23-24H,14H2,1-2H3. The number of methoxy groups -OCH3 is 1. The van der Waals surface area contributed by atoms with E-state index >= 15 is 0 Å². The molecule has 3 nitrogen and oxygen atoms in total. The molecule has 1 N–H and O–H groups in total. The van der Waals surface area contributed by atoms with Gasteiger partial charge in [-0.3, -0.25) is 0 Å². The molecule has 0 fully saturated rings. The third-order valence-electron chi connectivity index (χ3n) is 5.10. The number of phenols is 1. The normalized spacial score (nSPS) is 18.7. The summed E-state index contributed by atoms with van der Waals surface area (Å²) < 4.78 is 11.5. The first kappa shape index (κ1) is 16.5. The van der Waals surface area contributed by atoms with E-state index in [1.54, 1.807) is 19.2 Å². The molecule has 4 rings (SSSR count). The Hall–Kier alpha value is -2.94. The summed E-state index contributed by atoms with van der Waals surface area (Å²) in [5.74, 6) is 2.31. The van der Waals surface area contributed by atoms with Gasteiger partial charge >= 0.3 is 0 Å². The summed E-state index contributed by atoms with van der Waals surface area (Å²) in [7, 11) is 1.66. The van der Waals surface area contributed by atoms with Gasteiger partial charge in [-0.25, -0.2) is 0 Å². The first-order chi connectivity index (χ1) is 12.7. The molecule has 26 heavy (non-hydrogen) atoms. The lowest BCUT2D eigenvalue weighted by atomic mass is 9.75. The fourth-order valence-electron chi connectivity index (χ4n) is 3.80. The van der Waals surface area contributed by atoms with E-state index < -0.39 is 0 Å². The zero-order valence-corrected chi connectivity index (χ0v) is 15.0. The quantitative estimate of drug-likeness (QED) is 0.724. The lowest BCUT2D eigenvalue weighted by Gasteiger charge is -2.35. The zero-order chi connectivity index (χ0) is 18.1. The molecule has 0 aliphatic carbocycles. The topological polar surface area (TPSA) is 38.7 Å². The average molecular weight is 346 g/mol. The van der Waals surface area contributed by atoms with Crippen LogP contribution >= 0.6 is 0 Å². The summed E-state index contributed by atoms with van der Waals surface area (Å²) in [6, 6.07) is 22.1. The number of benzene rings is 3. The Bertz CT molecular complexity index is 915. The number of hydrogen-bond acceptors (Lipinski definition) is 3. The Morgan fingerprint density at radius 3 is 2.50 bits per heavy atom. The van der Waals surface area contributed by atoms with Crippen LogP contribution in [0, 0.1) is 6.92 Å². The number of hydrogen-bond donors (Lipinski definition) is 1. The monoisotopic (exact) mass is 346 g/mol. The molecule has 0 spiro atoms. The second kappa shape index (κ2) is 6.75. The van der Waals surface area contributed by atoms with Crippen LogP contribution in [0.3, 0.4) is 0 Å². The number of aryl methyl sites for hydroxylation is 1. The third kappa shape index (κ3) is 3.01.